The van der Waals surface area contributed by atoms with E-state index in [0.717, 1.165) is 49.2 Å². The van der Waals surface area contributed by atoms with Crippen molar-refractivity contribution in [3.05, 3.63) is 57.9 Å². The molecule has 5 nitrogen and oxygen atoms in total. The maximum absolute atomic E-state index is 13.3. The number of aryl methyl sites for hydroxylation is 1. The molecule has 2 N–H and O–H groups in total. The van der Waals surface area contributed by atoms with Crippen molar-refractivity contribution in [1.82, 2.24) is 14.7 Å². The van der Waals surface area contributed by atoms with E-state index >= 15 is 0 Å². The SMILES string of the molecule is N[C@H]1CCCN(C(=O)c2nn(-c3ccccc3)c3c2CCc2sccc2-3)C1. The maximum Gasteiger partial charge on any atom is 0.274 e. The highest BCUT2D eigenvalue weighted by Crippen LogP contribution is 2.39. The van der Waals surface area contributed by atoms with Gasteiger partial charge >= 0.3 is 0 Å². The van der Waals surface area contributed by atoms with E-state index in [1.165, 1.54) is 10.4 Å². The Morgan fingerprint density at radius 3 is 2.85 bits per heavy atom. The lowest BCUT2D eigenvalue weighted by Crippen LogP contribution is -2.46. The van der Waals surface area contributed by atoms with Gasteiger partial charge in [0, 0.05) is 35.1 Å². The van der Waals surface area contributed by atoms with Crippen molar-refractivity contribution >= 4 is 17.2 Å². The largest absolute Gasteiger partial charge is 0.336 e. The summed E-state index contributed by atoms with van der Waals surface area (Å²) in [5.74, 6) is 0.0229. The van der Waals surface area contributed by atoms with Crippen molar-refractivity contribution in [1.29, 1.82) is 0 Å². The maximum atomic E-state index is 13.3. The number of carbonyl (C=O) groups excluding carboxylic acids is 1. The van der Waals surface area contributed by atoms with Gasteiger partial charge in [0.1, 0.15) is 0 Å². The van der Waals surface area contributed by atoms with Crippen LogP contribution in [0.1, 0.15) is 33.8 Å². The normalized spacial score (nSPS) is 18.9. The lowest BCUT2D eigenvalue weighted by molar-refractivity contribution is 0.0701. The number of piperidine rings is 1. The van der Waals surface area contributed by atoms with Gasteiger partial charge in [0.15, 0.2) is 5.69 Å². The zero-order chi connectivity index (χ0) is 18.4. The van der Waals surface area contributed by atoms with Gasteiger partial charge in [-0.15, -0.1) is 11.3 Å². The first kappa shape index (κ1) is 16.7. The molecule has 3 aromatic rings. The number of hydrogen-bond donors (Lipinski definition) is 1. The minimum Gasteiger partial charge on any atom is -0.336 e. The first-order valence-electron chi connectivity index (χ1n) is 9.51. The molecule has 0 unspecified atom stereocenters. The highest BCUT2D eigenvalue weighted by atomic mass is 32.1. The second kappa shape index (κ2) is 6.62. The highest BCUT2D eigenvalue weighted by Gasteiger charge is 2.32. The van der Waals surface area contributed by atoms with Crippen molar-refractivity contribution in [2.45, 2.75) is 31.7 Å². The van der Waals surface area contributed by atoms with E-state index in [0.29, 0.717) is 12.2 Å². The number of likely N-dealkylation sites (tertiary alicyclic amines) is 1. The number of thiophene rings is 1. The van der Waals surface area contributed by atoms with Gasteiger partial charge in [-0.25, -0.2) is 4.68 Å². The topological polar surface area (TPSA) is 64.2 Å². The minimum atomic E-state index is 0.0229. The van der Waals surface area contributed by atoms with E-state index in [-0.39, 0.29) is 11.9 Å². The fourth-order valence-electron chi connectivity index (χ4n) is 4.22. The van der Waals surface area contributed by atoms with E-state index in [9.17, 15) is 4.79 Å². The van der Waals surface area contributed by atoms with Gasteiger partial charge in [0.2, 0.25) is 0 Å². The molecular formula is C21H22N4OS. The molecule has 0 radical (unpaired) electrons. The number of benzene rings is 1. The molecule has 1 atom stereocenters. The average Bonchev–Trinajstić information content (AvgIpc) is 3.32. The van der Waals surface area contributed by atoms with Crippen molar-refractivity contribution < 1.29 is 4.79 Å². The van der Waals surface area contributed by atoms with Crippen LogP contribution in [-0.2, 0) is 12.8 Å². The third kappa shape index (κ3) is 2.80. The molecule has 0 saturated carbocycles. The summed E-state index contributed by atoms with van der Waals surface area (Å²) >= 11 is 1.79. The van der Waals surface area contributed by atoms with Gasteiger partial charge in [-0.1, -0.05) is 18.2 Å². The van der Waals surface area contributed by atoms with Gasteiger partial charge < -0.3 is 10.6 Å². The van der Waals surface area contributed by atoms with E-state index < -0.39 is 0 Å². The van der Waals surface area contributed by atoms with E-state index in [1.807, 2.05) is 39.9 Å². The Hall–Kier alpha value is -2.44. The van der Waals surface area contributed by atoms with Crippen LogP contribution in [0.25, 0.3) is 16.9 Å². The molecule has 138 valence electrons. The van der Waals surface area contributed by atoms with Crippen molar-refractivity contribution in [2.75, 3.05) is 13.1 Å². The number of aromatic nitrogens is 2. The van der Waals surface area contributed by atoms with Gasteiger partial charge in [-0.3, -0.25) is 4.79 Å². The van der Waals surface area contributed by atoms with Crippen LogP contribution in [0.4, 0.5) is 0 Å². The number of amides is 1. The predicted octanol–water partition coefficient (Wildman–Crippen LogP) is 3.26. The van der Waals surface area contributed by atoms with E-state index in [1.54, 1.807) is 11.3 Å². The third-order valence-corrected chi connectivity index (χ3v) is 6.52. The molecule has 27 heavy (non-hydrogen) atoms. The molecule has 2 aliphatic rings. The summed E-state index contributed by atoms with van der Waals surface area (Å²) in [7, 11) is 0. The van der Waals surface area contributed by atoms with Gasteiger partial charge in [0.25, 0.3) is 5.91 Å². The molecule has 2 aromatic heterocycles. The van der Waals surface area contributed by atoms with E-state index in [4.69, 9.17) is 10.8 Å². The Bertz CT molecular complexity index is 991. The van der Waals surface area contributed by atoms with Crippen LogP contribution in [0.15, 0.2) is 41.8 Å². The molecule has 1 aliphatic heterocycles. The monoisotopic (exact) mass is 378 g/mol. The Morgan fingerprint density at radius 1 is 1.19 bits per heavy atom. The smallest absolute Gasteiger partial charge is 0.274 e. The standard InChI is InChI=1S/C21H22N4OS/c22-14-5-4-11-24(13-14)21(26)19-17-8-9-18-16(10-12-27-18)20(17)25(23-19)15-6-2-1-3-7-15/h1-3,6-7,10,12,14H,4-5,8-9,11,13,22H2/t14-/m0/s1. The molecule has 5 rings (SSSR count). The summed E-state index contributed by atoms with van der Waals surface area (Å²) in [5, 5.41) is 6.96. The highest BCUT2D eigenvalue weighted by molar-refractivity contribution is 7.10. The molecule has 1 aromatic carbocycles. The molecular weight excluding hydrogens is 356 g/mol. The zero-order valence-corrected chi connectivity index (χ0v) is 15.9. The van der Waals surface area contributed by atoms with Crippen LogP contribution >= 0.6 is 11.3 Å². The molecule has 1 saturated heterocycles. The third-order valence-electron chi connectivity index (χ3n) is 5.53. The molecule has 1 aliphatic carbocycles. The van der Waals surface area contributed by atoms with Crippen LogP contribution in [0.2, 0.25) is 0 Å². The Labute approximate surface area is 162 Å². The second-order valence-electron chi connectivity index (χ2n) is 7.33. The number of fused-ring (bicyclic) bond motifs is 3. The number of carbonyl (C=O) groups is 1. The molecule has 3 heterocycles. The second-order valence-corrected chi connectivity index (χ2v) is 8.33. The van der Waals surface area contributed by atoms with Crippen LogP contribution in [-0.4, -0.2) is 39.7 Å². The van der Waals surface area contributed by atoms with Crippen LogP contribution in [0, 0.1) is 0 Å². The van der Waals surface area contributed by atoms with Crippen molar-refractivity contribution in [3.63, 3.8) is 0 Å². The van der Waals surface area contributed by atoms with Crippen molar-refractivity contribution in [2.24, 2.45) is 5.73 Å². The van der Waals surface area contributed by atoms with E-state index in [2.05, 4.69) is 11.4 Å². The zero-order valence-electron chi connectivity index (χ0n) is 15.1. The minimum absolute atomic E-state index is 0.0229. The van der Waals surface area contributed by atoms with Gasteiger partial charge in [-0.05, 0) is 49.3 Å². The van der Waals surface area contributed by atoms with Gasteiger partial charge in [-0.2, -0.15) is 5.10 Å². The molecule has 1 fully saturated rings. The molecule has 1 amide bonds. The quantitative estimate of drug-likeness (QED) is 0.744. The summed E-state index contributed by atoms with van der Waals surface area (Å²) in [6.45, 7) is 1.39. The first-order valence-corrected chi connectivity index (χ1v) is 10.4. The number of nitrogens with zero attached hydrogens (tertiary/aromatic N) is 3. The summed E-state index contributed by atoms with van der Waals surface area (Å²) in [5.41, 5.74) is 11.1. The Balaban J connectivity index is 1.65. The fourth-order valence-corrected chi connectivity index (χ4v) is 5.10. The lowest BCUT2D eigenvalue weighted by Gasteiger charge is -2.30. The van der Waals surface area contributed by atoms with Crippen molar-refractivity contribution in [3.8, 4) is 16.9 Å². The Kier molecular flexibility index (Phi) is 4.10. The summed E-state index contributed by atoms with van der Waals surface area (Å²) in [6, 6.07) is 12.3. The molecule has 6 heteroatoms. The average molecular weight is 379 g/mol. The van der Waals surface area contributed by atoms with Gasteiger partial charge in [0.05, 0.1) is 11.4 Å². The Morgan fingerprint density at radius 2 is 2.04 bits per heavy atom. The molecule has 0 spiro atoms. The van der Waals surface area contributed by atoms with Crippen LogP contribution in [0.3, 0.4) is 0 Å². The lowest BCUT2D eigenvalue weighted by atomic mass is 9.94. The summed E-state index contributed by atoms with van der Waals surface area (Å²) < 4.78 is 1.96. The number of nitrogens with two attached hydrogens (primary N) is 1. The fraction of sp³-hybridized carbons (Fsp3) is 0.333. The summed E-state index contributed by atoms with van der Waals surface area (Å²) in [4.78, 5) is 16.6. The summed E-state index contributed by atoms with van der Waals surface area (Å²) in [6.07, 6.45) is 3.78. The van der Waals surface area contributed by atoms with Crippen LogP contribution < -0.4 is 5.73 Å². The number of para-hydroxylation sites is 1. The predicted molar refractivity (Wildman–Crippen MR) is 107 cm³/mol. The van der Waals surface area contributed by atoms with Crippen LogP contribution in [0.5, 0.6) is 0 Å². The molecule has 0 bridgehead atoms. The number of hydrogen-bond acceptors (Lipinski definition) is 4. The number of rotatable bonds is 2. The first-order chi connectivity index (χ1) is 13.2.